The third kappa shape index (κ3) is 3.89. The van der Waals surface area contributed by atoms with E-state index in [0.29, 0.717) is 0 Å². The van der Waals surface area contributed by atoms with Crippen LogP contribution in [0.1, 0.15) is 26.5 Å². The standard InChI is InChI=1S/C14H23N3S/c1-4-15-14-7-5-6-13(16-14)10-17-8-11(2)18-12(3)9-17/h5-7,11-12H,4,8-10H2,1-3H3,(H,15,16). The van der Waals surface area contributed by atoms with Crippen LogP contribution in [0.15, 0.2) is 18.2 Å². The molecule has 2 heterocycles. The summed E-state index contributed by atoms with van der Waals surface area (Å²) in [4.78, 5) is 7.16. The summed E-state index contributed by atoms with van der Waals surface area (Å²) in [6.07, 6.45) is 0. The van der Waals surface area contributed by atoms with Gasteiger partial charge in [-0.2, -0.15) is 11.8 Å². The molecule has 18 heavy (non-hydrogen) atoms. The molecular formula is C14H23N3S. The first-order valence-electron chi connectivity index (χ1n) is 6.75. The van der Waals surface area contributed by atoms with Gasteiger partial charge in [0.25, 0.3) is 0 Å². The predicted octanol–water partition coefficient (Wildman–Crippen LogP) is 2.84. The van der Waals surface area contributed by atoms with Crippen molar-refractivity contribution in [3.63, 3.8) is 0 Å². The zero-order chi connectivity index (χ0) is 13.0. The molecular weight excluding hydrogens is 242 g/mol. The highest BCUT2D eigenvalue weighted by Gasteiger charge is 2.22. The first kappa shape index (κ1) is 13.7. The van der Waals surface area contributed by atoms with Gasteiger partial charge < -0.3 is 5.32 Å². The summed E-state index contributed by atoms with van der Waals surface area (Å²) in [5, 5.41) is 4.72. The lowest BCUT2D eigenvalue weighted by Crippen LogP contribution is -2.39. The normalized spacial score (nSPS) is 25.1. The smallest absolute Gasteiger partial charge is 0.126 e. The number of nitrogens with one attached hydrogen (secondary N) is 1. The minimum absolute atomic E-state index is 0.727. The zero-order valence-electron chi connectivity index (χ0n) is 11.5. The molecule has 1 aromatic rings. The SMILES string of the molecule is CCNc1cccc(CN2CC(C)SC(C)C2)n1. The van der Waals surface area contributed by atoms with Crippen LogP contribution in [-0.4, -0.2) is 40.0 Å². The van der Waals surface area contributed by atoms with Crippen LogP contribution in [0.5, 0.6) is 0 Å². The van der Waals surface area contributed by atoms with Gasteiger partial charge in [-0.25, -0.2) is 4.98 Å². The van der Waals surface area contributed by atoms with Gasteiger partial charge in [0, 0.05) is 36.7 Å². The number of hydrogen-bond donors (Lipinski definition) is 1. The molecule has 0 amide bonds. The first-order valence-corrected chi connectivity index (χ1v) is 7.69. The van der Waals surface area contributed by atoms with Crippen molar-refractivity contribution in [2.24, 2.45) is 0 Å². The average molecular weight is 265 g/mol. The van der Waals surface area contributed by atoms with E-state index < -0.39 is 0 Å². The molecule has 1 aliphatic heterocycles. The predicted molar refractivity (Wildman–Crippen MR) is 80.2 cm³/mol. The van der Waals surface area contributed by atoms with Gasteiger partial charge in [-0.15, -0.1) is 0 Å². The second kappa shape index (κ2) is 6.43. The van der Waals surface area contributed by atoms with Gasteiger partial charge in [0.1, 0.15) is 5.82 Å². The molecule has 1 N–H and O–H groups in total. The zero-order valence-corrected chi connectivity index (χ0v) is 12.3. The topological polar surface area (TPSA) is 28.2 Å². The minimum atomic E-state index is 0.727. The summed E-state index contributed by atoms with van der Waals surface area (Å²) >= 11 is 2.09. The van der Waals surface area contributed by atoms with Crippen LogP contribution in [0, 0.1) is 0 Å². The number of nitrogens with zero attached hydrogens (tertiary/aromatic N) is 2. The molecule has 2 unspecified atom stereocenters. The number of anilines is 1. The third-order valence-electron chi connectivity index (χ3n) is 3.05. The molecule has 1 aliphatic rings. The number of hydrogen-bond acceptors (Lipinski definition) is 4. The van der Waals surface area contributed by atoms with Crippen molar-refractivity contribution < 1.29 is 0 Å². The number of aromatic nitrogens is 1. The Balaban J connectivity index is 1.97. The van der Waals surface area contributed by atoms with Crippen molar-refractivity contribution >= 4 is 17.6 Å². The molecule has 0 bridgehead atoms. The van der Waals surface area contributed by atoms with E-state index in [1.165, 1.54) is 18.8 Å². The average Bonchev–Trinajstić information content (AvgIpc) is 2.28. The second-order valence-corrected chi connectivity index (χ2v) is 6.88. The Morgan fingerprint density at radius 1 is 1.33 bits per heavy atom. The lowest BCUT2D eigenvalue weighted by Gasteiger charge is -2.34. The van der Waals surface area contributed by atoms with Gasteiger partial charge in [0.15, 0.2) is 0 Å². The fourth-order valence-electron chi connectivity index (χ4n) is 2.49. The van der Waals surface area contributed by atoms with Gasteiger partial charge in [-0.05, 0) is 19.1 Å². The Hall–Kier alpha value is -0.740. The largest absolute Gasteiger partial charge is 0.370 e. The minimum Gasteiger partial charge on any atom is -0.370 e. The molecule has 1 fully saturated rings. The van der Waals surface area contributed by atoms with E-state index in [1.807, 2.05) is 6.07 Å². The van der Waals surface area contributed by atoms with Gasteiger partial charge in [-0.3, -0.25) is 4.90 Å². The van der Waals surface area contributed by atoms with Crippen molar-refractivity contribution in [2.45, 2.75) is 37.8 Å². The van der Waals surface area contributed by atoms with Crippen LogP contribution in [0.3, 0.4) is 0 Å². The second-order valence-electron chi connectivity index (χ2n) is 5.00. The van der Waals surface area contributed by atoms with Crippen molar-refractivity contribution in [1.29, 1.82) is 0 Å². The molecule has 0 aliphatic carbocycles. The van der Waals surface area contributed by atoms with Crippen molar-refractivity contribution in [3.8, 4) is 0 Å². The van der Waals surface area contributed by atoms with Crippen LogP contribution >= 0.6 is 11.8 Å². The van der Waals surface area contributed by atoms with Crippen LogP contribution in [0.4, 0.5) is 5.82 Å². The Kier molecular flexibility index (Phi) is 4.89. The summed E-state index contributed by atoms with van der Waals surface area (Å²) in [6.45, 7) is 11.0. The van der Waals surface area contributed by atoms with Gasteiger partial charge in [0.05, 0.1) is 5.69 Å². The van der Waals surface area contributed by atoms with Crippen molar-refractivity contribution in [2.75, 3.05) is 25.0 Å². The van der Waals surface area contributed by atoms with Crippen LogP contribution < -0.4 is 5.32 Å². The molecule has 2 atom stereocenters. The fraction of sp³-hybridized carbons (Fsp3) is 0.643. The molecule has 3 nitrogen and oxygen atoms in total. The molecule has 0 spiro atoms. The summed E-state index contributed by atoms with van der Waals surface area (Å²) in [6, 6.07) is 6.24. The highest BCUT2D eigenvalue weighted by atomic mass is 32.2. The third-order valence-corrected chi connectivity index (χ3v) is 4.27. The van der Waals surface area contributed by atoms with Crippen LogP contribution in [0.2, 0.25) is 0 Å². The lowest BCUT2D eigenvalue weighted by atomic mass is 10.2. The number of pyridine rings is 1. The maximum Gasteiger partial charge on any atom is 0.126 e. The Bertz CT molecular complexity index is 373. The Morgan fingerprint density at radius 2 is 2.06 bits per heavy atom. The number of thioether (sulfide) groups is 1. The van der Waals surface area contributed by atoms with Crippen molar-refractivity contribution in [1.82, 2.24) is 9.88 Å². The molecule has 0 aromatic carbocycles. The van der Waals surface area contributed by atoms with Gasteiger partial charge >= 0.3 is 0 Å². The first-order chi connectivity index (χ1) is 8.67. The molecule has 1 saturated heterocycles. The van der Waals surface area contributed by atoms with Crippen molar-refractivity contribution in [3.05, 3.63) is 23.9 Å². The Labute approximate surface area is 114 Å². The van der Waals surface area contributed by atoms with Crippen LogP contribution in [-0.2, 0) is 6.54 Å². The van der Waals surface area contributed by atoms with Gasteiger partial charge in [-0.1, -0.05) is 19.9 Å². The van der Waals surface area contributed by atoms with E-state index in [1.54, 1.807) is 0 Å². The summed E-state index contributed by atoms with van der Waals surface area (Å²) in [5.74, 6) is 0.988. The molecule has 0 saturated carbocycles. The summed E-state index contributed by atoms with van der Waals surface area (Å²) in [7, 11) is 0. The summed E-state index contributed by atoms with van der Waals surface area (Å²) < 4.78 is 0. The van der Waals surface area contributed by atoms with E-state index in [2.05, 4.69) is 59.9 Å². The van der Waals surface area contributed by atoms with E-state index in [4.69, 9.17) is 0 Å². The fourth-order valence-corrected chi connectivity index (χ4v) is 3.88. The quantitative estimate of drug-likeness (QED) is 0.906. The molecule has 4 heteroatoms. The molecule has 100 valence electrons. The molecule has 0 radical (unpaired) electrons. The van der Waals surface area contributed by atoms with Crippen LogP contribution in [0.25, 0.3) is 0 Å². The highest BCUT2D eigenvalue weighted by Crippen LogP contribution is 2.25. The monoisotopic (exact) mass is 265 g/mol. The highest BCUT2D eigenvalue weighted by molar-refractivity contribution is 8.00. The van der Waals surface area contributed by atoms with E-state index in [-0.39, 0.29) is 0 Å². The number of rotatable bonds is 4. The molecule has 1 aromatic heterocycles. The summed E-state index contributed by atoms with van der Waals surface area (Å²) in [5.41, 5.74) is 1.17. The van der Waals surface area contributed by atoms with Gasteiger partial charge in [0.2, 0.25) is 0 Å². The Morgan fingerprint density at radius 3 is 2.72 bits per heavy atom. The van der Waals surface area contributed by atoms with E-state index in [0.717, 1.165) is 29.4 Å². The van der Waals surface area contributed by atoms with E-state index in [9.17, 15) is 0 Å². The van der Waals surface area contributed by atoms with E-state index >= 15 is 0 Å². The molecule has 2 rings (SSSR count). The lowest BCUT2D eigenvalue weighted by molar-refractivity contribution is 0.260. The maximum absolute atomic E-state index is 4.65. The maximum atomic E-state index is 4.65.